The maximum atomic E-state index is 12.7. The Balaban J connectivity index is 2.27. The quantitative estimate of drug-likeness (QED) is 0.888. The molecule has 1 amide bonds. The third kappa shape index (κ3) is 2.81. The van der Waals surface area contributed by atoms with Crippen LogP contribution in [0.25, 0.3) is 0 Å². The van der Waals surface area contributed by atoms with Crippen molar-refractivity contribution in [1.29, 1.82) is 0 Å². The minimum atomic E-state index is 0.138. The van der Waals surface area contributed by atoms with Crippen LogP contribution in [-0.4, -0.2) is 29.9 Å². The van der Waals surface area contributed by atoms with Crippen molar-refractivity contribution in [1.82, 2.24) is 4.90 Å². The minimum absolute atomic E-state index is 0.138. The van der Waals surface area contributed by atoms with Crippen LogP contribution in [0.4, 0.5) is 0 Å². The van der Waals surface area contributed by atoms with Gasteiger partial charge in [-0.25, -0.2) is 0 Å². The number of nitrogens with two attached hydrogens (primary N) is 1. The molecule has 104 valence electrons. The van der Waals surface area contributed by atoms with E-state index in [2.05, 4.69) is 13.0 Å². The standard InChI is InChI=1S/C16H24N2O/c1-11-6-7-14(13(3)9-11)16(19)18-8-4-5-12(2)15(18)10-17/h6-7,9,12,15H,4-5,8,10,17H2,1-3H3. The third-order valence-corrected chi connectivity index (χ3v) is 4.23. The molecule has 0 spiro atoms. The summed E-state index contributed by atoms with van der Waals surface area (Å²) < 4.78 is 0. The number of amides is 1. The molecule has 1 aliphatic rings. The lowest BCUT2D eigenvalue weighted by atomic mass is 9.90. The molecule has 1 aromatic carbocycles. The number of carbonyl (C=O) groups is 1. The van der Waals surface area contributed by atoms with E-state index in [1.54, 1.807) is 0 Å². The highest BCUT2D eigenvalue weighted by molar-refractivity contribution is 5.96. The van der Waals surface area contributed by atoms with Gasteiger partial charge >= 0.3 is 0 Å². The van der Waals surface area contributed by atoms with Crippen molar-refractivity contribution in [3.63, 3.8) is 0 Å². The van der Waals surface area contributed by atoms with E-state index in [4.69, 9.17) is 5.73 Å². The van der Waals surface area contributed by atoms with Crippen molar-refractivity contribution in [2.75, 3.05) is 13.1 Å². The zero-order valence-corrected chi connectivity index (χ0v) is 12.1. The van der Waals surface area contributed by atoms with Gasteiger partial charge in [0.1, 0.15) is 0 Å². The van der Waals surface area contributed by atoms with Crippen molar-refractivity contribution in [2.45, 2.75) is 39.7 Å². The van der Waals surface area contributed by atoms with Crippen LogP contribution < -0.4 is 5.73 Å². The molecule has 0 bridgehead atoms. The normalized spacial score (nSPS) is 23.5. The molecule has 3 nitrogen and oxygen atoms in total. The van der Waals surface area contributed by atoms with Crippen LogP contribution in [0, 0.1) is 19.8 Å². The monoisotopic (exact) mass is 260 g/mol. The first kappa shape index (κ1) is 14.1. The molecule has 2 rings (SSSR count). The summed E-state index contributed by atoms with van der Waals surface area (Å²) in [4.78, 5) is 14.7. The molecule has 2 unspecified atom stereocenters. The number of likely N-dealkylation sites (tertiary alicyclic amines) is 1. The van der Waals surface area contributed by atoms with Crippen molar-refractivity contribution >= 4 is 5.91 Å². The predicted molar refractivity (Wildman–Crippen MR) is 78.2 cm³/mol. The summed E-state index contributed by atoms with van der Waals surface area (Å²) in [5.41, 5.74) is 8.93. The first-order chi connectivity index (χ1) is 9.04. The van der Waals surface area contributed by atoms with Gasteiger partial charge in [0.2, 0.25) is 0 Å². The fourth-order valence-electron chi connectivity index (χ4n) is 3.07. The Kier molecular flexibility index (Phi) is 4.25. The van der Waals surface area contributed by atoms with Gasteiger partial charge in [-0.05, 0) is 44.2 Å². The van der Waals surface area contributed by atoms with E-state index < -0.39 is 0 Å². The lowest BCUT2D eigenvalue weighted by Crippen LogP contribution is -2.51. The first-order valence-corrected chi connectivity index (χ1v) is 7.13. The van der Waals surface area contributed by atoms with Gasteiger partial charge in [0.15, 0.2) is 0 Å². The Morgan fingerprint density at radius 2 is 2.16 bits per heavy atom. The Labute approximate surface area is 115 Å². The maximum absolute atomic E-state index is 12.7. The second-order valence-electron chi connectivity index (χ2n) is 5.74. The molecular weight excluding hydrogens is 236 g/mol. The van der Waals surface area contributed by atoms with Crippen molar-refractivity contribution in [3.8, 4) is 0 Å². The topological polar surface area (TPSA) is 46.3 Å². The van der Waals surface area contributed by atoms with Gasteiger partial charge in [0.25, 0.3) is 5.91 Å². The first-order valence-electron chi connectivity index (χ1n) is 7.13. The summed E-state index contributed by atoms with van der Waals surface area (Å²) in [6, 6.07) is 6.20. The highest BCUT2D eigenvalue weighted by atomic mass is 16.2. The second kappa shape index (κ2) is 5.74. The Bertz CT molecular complexity index is 470. The molecule has 19 heavy (non-hydrogen) atoms. The van der Waals surface area contributed by atoms with Gasteiger partial charge in [0, 0.05) is 24.7 Å². The number of piperidine rings is 1. The summed E-state index contributed by atoms with van der Waals surface area (Å²) >= 11 is 0. The van der Waals surface area contributed by atoms with Gasteiger partial charge in [-0.1, -0.05) is 24.6 Å². The largest absolute Gasteiger partial charge is 0.334 e. The second-order valence-corrected chi connectivity index (χ2v) is 5.74. The molecule has 0 saturated carbocycles. The molecule has 0 aromatic heterocycles. The van der Waals surface area contributed by atoms with Crippen LogP contribution >= 0.6 is 0 Å². The maximum Gasteiger partial charge on any atom is 0.254 e. The number of hydrogen-bond acceptors (Lipinski definition) is 2. The Morgan fingerprint density at radius 1 is 1.42 bits per heavy atom. The zero-order chi connectivity index (χ0) is 14.0. The van der Waals surface area contributed by atoms with E-state index in [1.165, 1.54) is 12.0 Å². The van der Waals surface area contributed by atoms with E-state index in [-0.39, 0.29) is 11.9 Å². The molecule has 0 radical (unpaired) electrons. The molecular formula is C16H24N2O. The number of carbonyl (C=O) groups excluding carboxylic acids is 1. The van der Waals surface area contributed by atoms with Crippen LogP contribution in [0.2, 0.25) is 0 Å². The fourth-order valence-corrected chi connectivity index (χ4v) is 3.07. The van der Waals surface area contributed by atoms with E-state index in [1.807, 2.05) is 30.9 Å². The molecule has 1 aliphatic heterocycles. The summed E-state index contributed by atoms with van der Waals surface area (Å²) in [6.45, 7) is 7.63. The average Bonchev–Trinajstić information content (AvgIpc) is 2.37. The van der Waals surface area contributed by atoms with Crippen LogP contribution in [0.5, 0.6) is 0 Å². The van der Waals surface area contributed by atoms with E-state index in [0.717, 1.165) is 24.1 Å². The smallest absolute Gasteiger partial charge is 0.254 e. The van der Waals surface area contributed by atoms with Crippen molar-refractivity contribution in [2.24, 2.45) is 11.7 Å². The van der Waals surface area contributed by atoms with E-state index in [0.29, 0.717) is 12.5 Å². The Morgan fingerprint density at radius 3 is 2.79 bits per heavy atom. The van der Waals surface area contributed by atoms with E-state index >= 15 is 0 Å². The molecule has 1 fully saturated rings. The summed E-state index contributed by atoms with van der Waals surface area (Å²) in [6.07, 6.45) is 2.24. The minimum Gasteiger partial charge on any atom is -0.334 e. The summed E-state index contributed by atoms with van der Waals surface area (Å²) in [5.74, 6) is 0.632. The number of hydrogen-bond donors (Lipinski definition) is 1. The lowest BCUT2D eigenvalue weighted by molar-refractivity contribution is 0.0532. The number of benzene rings is 1. The molecule has 2 atom stereocenters. The van der Waals surface area contributed by atoms with Gasteiger partial charge in [-0.2, -0.15) is 0 Å². The van der Waals surface area contributed by atoms with Gasteiger partial charge in [-0.3, -0.25) is 4.79 Å². The van der Waals surface area contributed by atoms with Crippen LogP contribution in [0.15, 0.2) is 18.2 Å². The highest BCUT2D eigenvalue weighted by Gasteiger charge is 2.31. The van der Waals surface area contributed by atoms with Crippen LogP contribution in [0.1, 0.15) is 41.3 Å². The zero-order valence-electron chi connectivity index (χ0n) is 12.1. The van der Waals surface area contributed by atoms with Crippen molar-refractivity contribution in [3.05, 3.63) is 34.9 Å². The van der Waals surface area contributed by atoms with Crippen LogP contribution in [-0.2, 0) is 0 Å². The molecule has 1 aromatic rings. The number of aryl methyl sites for hydroxylation is 2. The summed E-state index contributed by atoms with van der Waals surface area (Å²) in [7, 11) is 0. The highest BCUT2D eigenvalue weighted by Crippen LogP contribution is 2.25. The number of nitrogens with zero attached hydrogens (tertiary/aromatic N) is 1. The Hall–Kier alpha value is -1.35. The predicted octanol–water partition coefficient (Wildman–Crippen LogP) is 2.50. The molecule has 3 heteroatoms. The molecule has 1 saturated heterocycles. The third-order valence-electron chi connectivity index (χ3n) is 4.23. The van der Waals surface area contributed by atoms with E-state index in [9.17, 15) is 4.79 Å². The van der Waals surface area contributed by atoms with Crippen molar-refractivity contribution < 1.29 is 4.79 Å². The van der Waals surface area contributed by atoms with Gasteiger partial charge < -0.3 is 10.6 Å². The van der Waals surface area contributed by atoms with Crippen LogP contribution in [0.3, 0.4) is 0 Å². The number of rotatable bonds is 2. The van der Waals surface area contributed by atoms with Gasteiger partial charge in [0.05, 0.1) is 0 Å². The average molecular weight is 260 g/mol. The molecule has 0 aliphatic carbocycles. The molecule has 2 N–H and O–H groups in total. The lowest BCUT2D eigenvalue weighted by Gasteiger charge is -2.39. The molecule has 1 heterocycles. The fraction of sp³-hybridized carbons (Fsp3) is 0.562. The van der Waals surface area contributed by atoms with Gasteiger partial charge in [-0.15, -0.1) is 0 Å². The summed E-state index contributed by atoms with van der Waals surface area (Å²) in [5, 5.41) is 0. The SMILES string of the molecule is Cc1ccc(C(=O)N2CCCC(C)C2CN)c(C)c1.